The van der Waals surface area contributed by atoms with Gasteiger partial charge < -0.3 is 20.6 Å². The molecule has 1 amide bonds. The van der Waals surface area contributed by atoms with E-state index in [1.807, 2.05) is 20.8 Å². The molecule has 0 bridgehead atoms. The van der Waals surface area contributed by atoms with Gasteiger partial charge >= 0.3 is 0 Å². The number of nitrogens with two attached hydrogens (primary N) is 1. The highest BCUT2D eigenvalue weighted by Crippen LogP contribution is 2.14. The van der Waals surface area contributed by atoms with Crippen molar-refractivity contribution >= 4 is 11.7 Å². The number of oxime groups is 1. The van der Waals surface area contributed by atoms with Crippen LogP contribution in [0.15, 0.2) is 5.16 Å². The molecule has 0 atom stereocenters. The zero-order chi connectivity index (χ0) is 13.5. The molecular formula is C11H23N3O3. The number of amides is 1. The van der Waals surface area contributed by atoms with Crippen molar-refractivity contribution in [3.05, 3.63) is 0 Å². The van der Waals surface area contributed by atoms with Crippen LogP contribution in [0.25, 0.3) is 0 Å². The lowest BCUT2D eigenvalue weighted by Gasteiger charge is -2.27. The maximum atomic E-state index is 12.0. The van der Waals surface area contributed by atoms with Gasteiger partial charge in [0.05, 0.1) is 18.6 Å². The Labute approximate surface area is 102 Å². The highest BCUT2D eigenvalue weighted by atomic mass is 16.5. The highest BCUT2D eigenvalue weighted by molar-refractivity contribution is 5.87. The third-order valence-electron chi connectivity index (χ3n) is 2.46. The van der Waals surface area contributed by atoms with Gasteiger partial charge in [-0.15, -0.1) is 0 Å². The van der Waals surface area contributed by atoms with Crippen molar-refractivity contribution in [3.8, 4) is 0 Å². The molecule has 0 aromatic heterocycles. The monoisotopic (exact) mass is 245 g/mol. The summed E-state index contributed by atoms with van der Waals surface area (Å²) in [6, 6.07) is 0. The lowest BCUT2D eigenvalue weighted by atomic mass is 10.0. The third-order valence-corrected chi connectivity index (χ3v) is 2.46. The zero-order valence-electron chi connectivity index (χ0n) is 11.1. The number of carbonyl (C=O) groups excluding carboxylic acids is 1. The Morgan fingerprint density at radius 1 is 1.53 bits per heavy atom. The zero-order valence-corrected chi connectivity index (χ0v) is 11.1. The molecule has 0 aliphatic rings. The number of hydrogen-bond acceptors (Lipinski definition) is 4. The van der Waals surface area contributed by atoms with E-state index in [0.717, 1.165) is 6.42 Å². The van der Waals surface area contributed by atoms with Crippen molar-refractivity contribution in [1.29, 1.82) is 0 Å². The molecule has 0 unspecified atom stereocenters. The first-order chi connectivity index (χ1) is 7.86. The lowest BCUT2D eigenvalue weighted by molar-refractivity contribution is -0.135. The molecule has 0 spiro atoms. The number of hydrogen-bond donors (Lipinski definition) is 2. The minimum absolute atomic E-state index is 0.0297. The van der Waals surface area contributed by atoms with Crippen LogP contribution >= 0.6 is 0 Å². The molecule has 0 heterocycles. The van der Waals surface area contributed by atoms with Crippen molar-refractivity contribution in [2.45, 2.75) is 39.2 Å². The molecule has 0 aliphatic carbocycles. The van der Waals surface area contributed by atoms with Crippen LogP contribution in [-0.4, -0.2) is 47.7 Å². The molecule has 0 aromatic rings. The number of ether oxygens (including phenoxy) is 1. The van der Waals surface area contributed by atoms with Gasteiger partial charge in [0.25, 0.3) is 0 Å². The normalized spacial score (nSPS) is 12.6. The van der Waals surface area contributed by atoms with Crippen LogP contribution in [0, 0.1) is 0 Å². The molecule has 0 rings (SSSR count). The van der Waals surface area contributed by atoms with Crippen molar-refractivity contribution in [2.75, 3.05) is 20.2 Å². The summed E-state index contributed by atoms with van der Waals surface area (Å²) in [5.41, 5.74) is 4.91. The predicted molar refractivity (Wildman–Crippen MR) is 66.0 cm³/mol. The van der Waals surface area contributed by atoms with Crippen LogP contribution in [0.3, 0.4) is 0 Å². The van der Waals surface area contributed by atoms with Crippen LogP contribution in [0.5, 0.6) is 0 Å². The smallest absolute Gasteiger partial charge is 0.225 e. The molecule has 100 valence electrons. The first-order valence-corrected chi connectivity index (χ1v) is 5.65. The number of nitrogens with zero attached hydrogens (tertiary/aromatic N) is 2. The summed E-state index contributed by atoms with van der Waals surface area (Å²) in [6.07, 6.45) is 1.08. The molecule has 0 saturated carbocycles. The molecule has 0 radical (unpaired) electrons. The molecule has 0 fully saturated rings. The maximum Gasteiger partial charge on any atom is 0.225 e. The minimum Gasteiger partial charge on any atom is -0.409 e. The fraction of sp³-hybridized carbons (Fsp3) is 0.818. The van der Waals surface area contributed by atoms with Gasteiger partial charge in [0, 0.05) is 13.7 Å². The Kier molecular flexibility index (Phi) is 6.57. The van der Waals surface area contributed by atoms with Gasteiger partial charge in [0.1, 0.15) is 0 Å². The average Bonchev–Trinajstić information content (AvgIpc) is 2.27. The largest absolute Gasteiger partial charge is 0.409 e. The summed E-state index contributed by atoms with van der Waals surface area (Å²) in [6.45, 7) is 6.38. The van der Waals surface area contributed by atoms with E-state index in [-0.39, 0.29) is 24.7 Å². The summed E-state index contributed by atoms with van der Waals surface area (Å²) in [5, 5.41) is 11.4. The van der Waals surface area contributed by atoms with E-state index >= 15 is 0 Å². The fourth-order valence-corrected chi connectivity index (χ4v) is 1.34. The highest BCUT2D eigenvalue weighted by Gasteiger charge is 2.24. The summed E-state index contributed by atoms with van der Waals surface area (Å²) >= 11 is 0. The van der Waals surface area contributed by atoms with Crippen molar-refractivity contribution < 1.29 is 14.7 Å². The van der Waals surface area contributed by atoms with E-state index < -0.39 is 5.60 Å². The summed E-state index contributed by atoms with van der Waals surface area (Å²) in [4.78, 5) is 13.6. The van der Waals surface area contributed by atoms with E-state index in [1.54, 1.807) is 12.0 Å². The summed E-state index contributed by atoms with van der Waals surface area (Å²) < 4.78 is 5.21. The fourth-order valence-electron chi connectivity index (χ4n) is 1.34. The standard InChI is InChI=1S/C11H23N3O3/c1-5-6-14(8-9(12)13-16)10(15)7-11(2,3)17-4/h16H,5-8H2,1-4H3,(H2,12,13). The number of amidine groups is 1. The van der Waals surface area contributed by atoms with Crippen molar-refractivity contribution in [2.24, 2.45) is 10.9 Å². The van der Waals surface area contributed by atoms with Crippen LogP contribution < -0.4 is 5.73 Å². The maximum absolute atomic E-state index is 12.0. The molecule has 3 N–H and O–H groups in total. The molecule has 0 aliphatic heterocycles. The van der Waals surface area contributed by atoms with E-state index in [1.165, 1.54) is 0 Å². The molecule has 6 nitrogen and oxygen atoms in total. The van der Waals surface area contributed by atoms with E-state index in [9.17, 15) is 4.79 Å². The first kappa shape index (κ1) is 15.7. The van der Waals surface area contributed by atoms with E-state index in [0.29, 0.717) is 6.54 Å². The van der Waals surface area contributed by atoms with Gasteiger partial charge in [-0.2, -0.15) is 0 Å². The SMILES string of the molecule is CCCN(CC(N)=NO)C(=O)CC(C)(C)OC. The predicted octanol–water partition coefficient (Wildman–Crippen LogP) is 0.786. The second kappa shape index (κ2) is 7.11. The third kappa shape index (κ3) is 6.11. The summed E-state index contributed by atoms with van der Waals surface area (Å²) in [5.74, 6) is -0.0349. The molecule has 6 heteroatoms. The second-order valence-corrected chi connectivity index (χ2v) is 4.55. The van der Waals surface area contributed by atoms with Gasteiger partial charge in [0.15, 0.2) is 5.84 Å². The van der Waals surface area contributed by atoms with Crippen molar-refractivity contribution in [3.63, 3.8) is 0 Å². The van der Waals surface area contributed by atoms with Gasteiger partial charge in [-0.05, 0) is 20.3 Å². The van der Waals surface area contributed by atoms with Crippen molar-refractivity contribution in [1.82, 2.24) is 4.90 Å². The lowest BCUT2D eigenvalue weighted by Crippen LogP contribution is -2.42. The van der Waals surface area contributed by atoms with E-state index in [4.69, 9.17) is 15.7 Å². The quantitative estimate of drug-likeness (QED) is 0.300. The number of carbonyl (C=O) groups is 1. The van der Waals surface area contributed by atoms with E-state index in [2.05, 4.69) is 5.16 Å². The Balaban J connectivity index is 4.54. The molecular weight excluding hydrogens is 222 g/mol. The number of rotatable bonds is 7. The van der Waals surface area contributed by atoms with Gasteiger partial charge in [0.2, 0.25) is 5.91 Å². The average molecular weight is 245 g/mol. The molecule has 0 saturated heterocycles. The second-order valence-electron chi connectivity index (χ2n) is 4.55. The van der Waals surface area contributed by atoms with Gasteiger partial charge in [-0.25, -0.2) is 0 Å². The minimum atomic E-state index is -0.506. The Morgan fingerprint density at radius 2 is 2.12 bits per heavy atom. The van der Waals surface area contributed by atoms with Gasteiger partial charge in [-0.1, -0.05) is 12.1 Å². The first-order valence-electron chi connectivity index (χ1n) is 5.65. The molecule has 0 aromatic carbocycles. The van der Waals surface area contributed by atoms with Crippen LogP contribution in [0.1, 0.15) is 33.6 Å². The Hall–Kier alpha value is -1.30. The Bertz CT molecular complexity index is 277. The van der Waals surface area contributed by atoms with Crippen LogP contribution in [0.2, 0.25) is 0 Å². The summed E-state index contributed by atoms with van der Waals surface area (Å²) in [7, 11) is 1.57. The molecule has 17 heavy (non-hydrogen) atoms. The van der Waals surface area contributed by atoms with Crippen LogP contribution in [0.4, 0.5) is 0 Å². The number of methoxy groups -OCH3 is 1. The Morgan fingerprint density at radius 3 is 2.53 bits per heavy atom. The topological polar surface area (TPSA) is 88.1 Å². The van der Waals surface area contributed by atoms with Gasteiger partial charge in [-0.3, -0.25) is 4.79 Å². The van der Waals surface area contributed by atoms with Crippen LogP contribution in [-0.2, 0) is 9.53 Å².